The molecule has 7 heteroatoms. The van der Waals surface area contributed by atoms with Gasteiger partial charge in [-0.15, -0.1) is 11.3 Å². The largest absolute Gasteiger partial charge is 0.338 e. The monoisotopic (exact) mass is 335 g/mol. The second-order valence-electron chi connectivity index (χ2n) is 6.49. The predicted molar refractivity (Wildman–Crippen MR) is 92.7 cm³/mol. The number of rotatable bonds is 5. The topological polar surface area (TPSA) is 61.7 Å². The van der Waals surface area contributed by atoms with Crippen molar-refractivity contribution in [1.29, 1.82) is 0 Å². The minimum atomic E-state index is -0.108. The molecule has 0 aromatic carbocycles. The summed E-state index contributed by atoms with van der Waals surface area (Å²) < 4.78 is 1.97. The number of nitrogens with zero attached hydrogens (tertiary/aromatic N) is 3. The minimum absolute atomic E-state index is 0.108. The Balaban J connectivity index is 1.40. The third-order valence-electron chi connectivity index (χ3n) is 4.41. The second-order valence-corrected chi connectivity index (χ2v) is 7.36. The van der Waals surface area contributed by atoms with E-state index in [9.17, 15) is 4.79 Å². The molecular weight excluding hydrogens is 310 g/mol. The van der Waals surface area contributed by atoms with Gasteiger partial charge in [0.1, 0.15) is 0 Å². The van der Waals surface area contributed by atoms with E-state index in [1.54, 1.807) is 11.3 Å². The van der Waals surface area contributed by atoms with Crippen molar-refractivity contribution >= 4 is 22.3 Å². The Kier molecular flexibility index (Phi) is 5.17. The summed E-state index contributed by atoms with van der Waals surface area (Å²) in [5.41, 5.74) is 0.885. The predicted octanol–water partition coefficient (Wildman–Crippen LogP) is 2.32. The van der Waals surface area contributed by atoms with E-state index in [-0.39, 0.29) is 6.03 Å². The number of hydrogen-bond donors (Lipinski definition) is 2. The molecule has 1 saturated heterocycles. The van der Waals surface area contributed by atoms with Crippen molar-refractivity contribution in [3.8, 4) is 0 Å². The molecule has 3 heterocycles. The summed E-state index contributed by atoms with van der Waals surface area (Å²) in [5, 5.41) is 7.89. The van der Waals surface area contributed by atoms with Crippen molar-refractivity contribution in [3.05, 3.63) is 23.5 Å². The number of aromatic nitrogens is 2. The fraction of sp³-hybridized carbons (Fsp3) is 0.625. The highest BCUT2D eigenvalue weighted by Gasteiger charge is 2.21. The van der Waals surface area contributed by atoms with E-state index in [2.05, 4.69) is 34.4 Å². The van der Waals surface area contributed by atoms with E-state index in [1.807, 2.05) is 22.2 Å². The van der Waals surface area contributed by atoms with E-state index in [1.165, 1.54) is 19.4 Å². The number of piperidine rings is 1. The second kappa shape index (κ2) is 7.31. The molecule has 0 saturated carbocycles. The van der Waals surface area contributed by atoms with Crippen LogP contribution in [0.1, 0.15) is 32.4 Å². The molecule has 0 spiro atoms. The van der Waals surface area contributed by atoms with Gasteiger partial charge in [-0.2, -0.15) is 0 Å². The van der Waals surface area contributed by atoms with Gasteiger partial charge in [0.05, 0.1) is 12.2 Å². The van der Waals surface area contributed by atoms with Crippen molar-refractivity contribution in [2.24, 2.45) is 5.92 Å². The Morgan fingerprint density at radius 3 is 3.13 bits per heavy atom. The summed E-state index contributed by atoms with van der Waals surface area (Å²) in [6.07, 6.45) is 6.34. The maximum Gasteiger partial charge on any atom is 0.315 e. The van der Waals surface area contributed by atoms with Gasteiger partial charge in [0, 0.05) is 36.9 Å². The van der Waals surface area contributed by atoms with Crippen LogP contribution in [0.15, 0.2) is 17.8 Å². The number of likely N-dealkylation sites (tertiary alicyclic amines) is 1. The number of urea groups is 1. The van der Waals surface area contributed by atoms with Crippen LogP contribution in [-0.2, 0) is 6.54 Å². The number of imidazole rings is 1. The number of amides is 2. The number of hydrogen-bond acceptors (Lipinski definition) is 4. The summed E-state index contributed by atoms with van der Waals surface area (Å²) in [4.78, 5) is 19.9. The lowest BCUT2D eigenvalue weighted by Crippen LogP contribution is -2.45. The Hall–Kier alpha value is -1.60. The van der Waals surface area contributed by atoms with Gasteiger partial charge in [-0.05, 0) is 39.2 Å². The molecule has 2 aromatic rings. The molecule has 1 fully saturated rings. The van der Waals surface area contributed by atoms with Crippen molar-refractivity contribution < 1.29 is 4.79 Å². The number of thiazole rings is 1. The first-order valence-corrected chi connectivity index (χ1v) is 9.16. The minimum Gasteiger partial charge on any atom is -0.338 e. The lowest BCUT2D eigenvalue weighted by atomic mass is 9.97. The highest BCUT2D eigenvalue weighted by molar-refractivity contribution is 7.15. The quantitative estimate of drug-likeness (QED) is 0.881. The van der Waals surface area contributed by atoms with Gasteiger partial charge in [-0.1, -0.05) is 0 Å². The third kappa shape index (κ3) is 4.23. The van der Waals surface area contributed by atoms with Crippen LogP contribution < -0.4 is 10.6 Å². The number of carbonyl (C=O) groups excluding carboxylic acids is 1. The molecule has 23 heavy (non-hydrogen) atoms. The highest BCUT2D eigenvalue weighted by atomic mass is 32.1. The molecule has 0 aliphatic carbocycles. The van der Waals surface area contributed by atoms with Crippen LogP contribution in [0.25, 0.3) is 4.96 Å². The lowest BCUT2D eigenvalue weighted by Gasteiger charge is -2.35. The smallest absolute Gasteiger partial charge is 0.315 e. The molecule has 1 aliphatic heterocycles. The van der Waals surface area contributed by atoms with Crippen LogP contribution in [0.2, 0.25) is 0 Å². The van der Waals surface area contributed by atoms with Crippen molar-refractivity contribution in [2.45, 2.75) is 39.3 Å². The molecule has 126 valence electrons. The van der Waals surface area contributed by atoms with E-state index >= 15 is 0 Å². The first-order chi connectivity index (χ1) is 11.1. The maximum atomic E-state index is 12.0. The van der Waals surface area contributed by atoms with Gasteiger partial charge in [0.2, 0.25) is 0 Å². The summed E-state index contributed by atoms with van der Waals surface area (Å²) in [7, 11) is 0. The fourth-order valence-corrected chi connectivity index (χ4v) is 3.78. The molecule has 0 unspecified atom stereocenters. The number of nitrogens with one attached hydrogen (secondary N) is 2. The van der Waals surface area contributed by atoms with Crippen molar-refractivity contribution in [1.82, 2.24) is 24.9 Å². The van der Waals surface area contributed by atoms with Crippen LogP contribution in [0.5, 0.6) is 0 Å². The van der Waals surface area contributed by atoms with Crippen LogP contribution >= 0.6 is 11.3 Å². The van der Waals surface area contributed by atoms with Crippen LogP contribution in [0.3, 0.4) is 0 Å². The van der Waals surface area contributed by atoms with E-state index in [0.29, 0.717) is 18.5 Å². The van der Waals surface area contributed by atoms with E-state index in [4.69, 9.17) is 0 Å². The molecular formula is C16H25N5OS. The summed E-state index contributed by atoms with van der Waals surface area (Å²) in [6, 6.07) is 0.476. The van der Waals surface area contributed by atoms with Crippen molar-refractivity contribution in [3.63, 3.8) is 0 Å². The molecule has 2 aromatic heterocycles. The van der Waals surface area contributed by atoms with E-state index < -0.39 is 0 Å². The zero-order valence-electron chi connectivity index (χ0n) is 13.8. The highest BCUT2D eigenvalue weighted by Crippen LogP contribution is 2.17. The Bertz CT molecular complexity index is 621. The Morgan fingerprint density at radius 2 is 2.35 bits per heavy atom. The summed E-state index contributed by atoms with van der Waals surface area (Å²) in [5.74, 6) is 0.551. The van der Waals surface area contributed by atoms with E-state index in [0.717, 1.165) is 23.7 Å². The molecule has 0 radical (unpaired) electrons. The fourth-order valence-electron chi connectivity index (χ4n) is 3.06. The van der Waals surface area contributed by atoms with Gasteiger partial charge < -0.3 is 15.5 Å². The number of carbonyl (C=O) groups is 1. The van der Waals surface area contributed by atoms with Gasteiger partial charge in [-0.25, -0.2) is 9.78 Å². The molecule has 2 N–H and O–H groups in total. The average Bonchev–Trinajstić information content (AvgIpc) is 3.12. The molecule has 3 rings (SSSR count). The van der Waals surface area contributed by atoms with Crippen LogP contribution in [0.4, 0.5) is 4.79 Å². The Morgan fingerprint density at radius 1 is 1.48 bits per heavy atom. The normalized spacial score (nSPS) is 19.3. The summed E-state index contributed by atoms with van der Waals surface area (Å²) in [6.45, 7) is 7.93. The maximum absolute atomic E-state index is 12.0. The first-order valence-electron chi connectivity index (χ1n) is 8.28. The molecule has 1 atom stereocenters. The SMILES string of the molecule is CC(C)N1CCC[C@@H](CNC(=O)NCc2cn3ccsc3n2)C1. The standard InChI is InChI=1S/C16H25N5OS/c1-12(2)20-5-3-4-13(10-20)8-17-15(22)18-9-14-11-21-6-7-23-16(21)19-14/h6-7,11-13H,3-5,8-10H2,1-2H3,(H2,17,18,22)/t13-/m0/s1. The van der Waals surface area contributed by atoms with Gasteiger partial charge in [0.15, 0.2) is 4.96 Å². The zero-order chi connectivity index (χ0) is 16.2. The molecule has 6 nitrogen and oxygen atoms in total. The molecule has 0 bridgehead atoms. The number of fused-ring (bicyclic) bond motifs is 1. The molecule has 1 aliphatic rings. The molecule has 2 amide bonds. The van der Waals surface area contributed by atoms with Gasteiger partial charge in [-0.3, -0.25) is 4.40 Å². The average molecular weight is 335 g/mol. The summed E-state index contributed by atoms with van der Waals surface area (Å²) >= 11 is 1.59. The zero-order valence-corrected chi connectivity index (χ0v) is 14.6. The Labute approximate surface area is 140 Å². The third-order valence-corrected chi connectivity index (χ3v) is 5.18. The van der Waals surface area contributed by atoms with Crippen LogP contribution in [0, 0.1) is 5.92 Å². The van der Waals surface area contributed by atoms with Crippen molar-refractivity contribution in [2.75, 3.05) is 19.6 Å². The lowest BCUT2D eigenvalue weighted by molar-refractivity contribution is 0.139. The van der Waals surface area contributed by atoms with Crippen LogP contribution in [-0.4, -0.2) is 46.0 Å². The van der Waals surface area contributed by atoms with Gasteiger partial charge in [0.25, 0.3) is 0 Å². The first kappa shape index (κ1) is 16.3. The van der Waals surface area contributed by atoms with Gasteiger partial charge >= 0.3 is 6.03 Å².